The molecule has 0 radical (unpaired) electrons. The molecule has 0 aliphatic rings. The van der Waals surface area contributed by atoms with Crippen molar-refractivity contribution in [3.05, 3.63) is 54.0 Å². The second-order valence-electron chi connectivity index (χ2n) is 3.24. The lowest BCUT2D eigenvalue weighted by Crippen LogP contribution is -2.15. The van der Waals surface area contributed by atoms with Crippen LogP contribution >= 0.6 is 12.2 Å². The summed E-state index contributed by atoms with van der Waals surface area (Å²) >= 11 is 5.04. The maximum Gasteiger partial charge on any atom is 0.162 e. The molecular weight excluding hydrogens is 236 g/mol. The zero-order valence-electron chi connectivity index (χ0n) is 8.83. The van der Waals surface area contributed by atoms with E-state index in [1.165, 1.54) is 12.5 Å². The Morgan fingerprint density at radius 1 is 1.29 bits per heavy atom. The zero-order valence-corrected chi connectivity index (χ0v) is 9.65. The summed E-state index contributed by atoms with van der Waals surface area (Å²) in [5, 5.41) is 13.4. The third kappa shape index (κ3) is 2.92. The van der Waals surface area contributed by atoms with Crippen LogP contribution in [0.2, 0.25) is 0 Å². The molecule has 2 rings (SSSR count). The second kappa shape index (κ2) is 5.27. The Hall–Kier alpha value is -2.14. The highest BCUT2D eigenvalue weighted by molar-refractivity contribution is 7.80. The molecule has 0 aliphatic carbocycles. The minimum atomic E-state index is 0.168. The average Bonchev–Trinajstić information content (AvgIpc) is 2.85. The van der Waals surface area contributed by atoms with E-state index in [0.29, 0.717) is 16.3 Å². The Labute approximate surface area is 104 Å². The Bertz CT molecular complexity index is 535. The van der Waals surface area contributed by atoms with Gasteiger partial charge in [0.1, 0.15) is 5.75 Å². The van der Waals surface area contributed by atoms with Crippen molar-refractivity contribution >= 4 is 23.4 Å². The Balaban J connectivity index is 1.99. The number of furan rings is 1. The highest BCUT2D eigenvalue weighted by Crippen LogP contribution is 2.12. The van der Waals surface area contributed by atoms with Crippen LogP contribution in [0, 0.1) is 0 Å². The standard InChI is InChI=1S/C12H10N2O2S/c15-10-5-2-1-4-9(10)8-13-14-12(17)11-6-3-7-16-11/h1-8,15H,(H,14,17). The first-order valence-electron chi connectivity index (χ1n) is 4.92. The van der Waals surface area contributed by atoms with Gasteiger partial charge in [0.15, 0.2) is 10.7 Å². The van der Waals surface area contributed by atoms with Crippen LogP contribution in [0.3, 0.4) is 0 Å². The number of benzene rings is 1. The molecule has 0 fully saturated rings. The predicted molar refractivity (Wildman–Crippen MR) is 69.2 cm³/mol. The third-order valence-electron chi connectivity index (χ3n) is 2.05. The number of rotatable bonds is 3. The van der Waals surface area contributed by atoms with Gasteiger partial charge in [-0.2, -0.15) is 5.10 Å². The quantitative estimate of drug-likeness (QED) is 0.495. The first-order chi connectivity index (χ1) is 8.27. The van der Waals surface area contributed by atoms with E-state index in [0.717, 1.165) is 0 Å². The van der Waals surface area contributed by atoms with Crippen molar-refractivity contribution in [2.24, 2.45) is 5.10 Å². The fourth-order valence-corrected chi connectivity index (χ4v) is 1.39. The number of phenols is 1. The number of hydrogen-bond acceptors (Lipinski definition) is 4. The van der Waals surface area contributed by atoms with Gasteiger partial charge in [-0.15, -0.1) is 0 Å². The maximum absolute atomic E-state index is 9.49. The van der Waals surface area contributed by atoms with Crippen molar-refractivity contribution in [1.29, 1.82) is 0 Å². The summed E-state index contributed by atoms with van der Waals surface area (Å²) in [6.07, 6.45) is 3.03. The van der Waals surface area contributed by atoms with Crippen molar-refractivity contribution < 1.29 is 9.52 Å². The summed E-state index contributed by atoms with van der Waals surface area (Å²) in [6, 6.07) is 10.4. The lowest BCUT2D eigenvalue weighted by Gasteiger charge is -1.99. The van der Waals surface area contributed by atoms with Crippen LogP contribution in [0.4, 0.5) is 0 Å². The molecule has 0 saturated carbocycles. The highest BCUT2D eigenvalue weighted by Gasteiger charge is 2.01. The molecule has 0 saturated heterocycles. The number of phenolic OH excluding ortho intramolecular Hbond substituents is 1. The lowest BCUT2D eigenvalue weighted by atomic mass is 10.2. The van der Waals surface area contributed by atoms with E-state index < -0.39 is 0 Å². The fraction of sp³-hybridized carbons (Fsp3) is 0. The third-order valence-corrected chi connectivity index (χ3v) is 2.34. The molecule has 0 spiro atoms. The summed E-state index contributed by atoms with van der Waals surface area (Å²) in [6.45, 7) is 0. The molecule has 0 unspecified atom stereocenters. The van der Waals surface area contributed by atoms with Crippen LogP contribution in [-0.2, 0) is 0 Å². The highest BCUT2D eigenvalue weighted by atomic mass is 32.1. The molecule has 4 nitrogen and oxygen atoms in total. The molecule has 17 heavy (non-hydrogen) atoms. The van der Waals surface area contributed by atoms with Crippen molar-refractivity contribution in [2.75, 3.05) is 0 Å². The van der Waals surface area contributed by atoms with Crippen LogP contribution in [0.1, 0.15) is 11.3 Å². The summed E-state index contributed by atoms with van der Waals surface area (Å²) in [5.41, 5.74) is 3.27. The van der Waals surface area contributed by atoms with Gasteiger partial charge >= 0.3 is 0 Å². The molecule has 1 aromatic heterocycles. The number of thiocarbonyl (C=S) groups is 1. The Morgan fingerprint density at radius 3 is 2.82 bits per heavy atom. The van der Waals surface area contributed by atoms with Crippen molar-refractivity contribution in [3.63, 3.8) is 0 Å². The van der Waals surface area contributed by atoms with Gasteiger partial charge in [0, 0.05) is 5.56 Å². The van der Waals surface area contributed by atoms with Gasteiger partial charge in [-0.1, -0.05) is 24.4 Å². The van der Waals surface area contributed by atoms with Crippen LogP contribution in [0.5, 0.6) is 5.75 Å². The van der Waals surface area contributed by atoms with Crippen molar-refractivity contribution in [3.8, 4) is 5.75 Å². The molecule has 2 N–H and O–H groups in total. The molecule has 1 heterocycles. The molecule has 0 amide bonds. The topological polar surface area (TPSA) is 57.8 Å². The summed E-state index contributed by atoms with van der Waals surface area (Å²) in [5.74, 6) is 0.719. The van der Waals surface area contributed by atoms with Gasteiger partial charge < -0.3 is 9.52 Å². The van der Waals surface area contributed by atoms with Gasteiger partial charge in [0.25, 0.3) is 0 Å². The minimum absolute atomic E-state index is 0.168. The Kier molecular flexibility index (Phi) is 3.52. The van der Waals surface area contributed by atoms with Gasteiger partial charge in [0.05, 0.1) is 12.5 Å². The molecule has 5 heteroatoms. The lowest BCUT2D eigenvalue weighted by molar-refractivity contribution is 0.474. The number of nitrogens with one attached hydrogen (secondary N) is 1. The van der Waals surface area contributed by atoms with Crippen LogP contribution in [-0.4, -0.2) is 16.3 Å². The SMILES string of the molecule is Oc1ccccc1C=NNC(=S)c1ccco1. The van der Waals surface area contributed by atoms with Crippen molar-refractivity contribution in [1.82, 2.24) is 5.43 Å². The smallest absolute Gasteiger partial charge is 0.162 e. The number of aromatic hydroxyl groups is 1. The van der Waals surface area contributed by atoms with E-state index in [-0.39, 0.29) is 5.75 Å². The number of hydrogen-bond donors (Lipinski definition) is 2. The Morgan fingerprint density at radius 2 is 2.12 bits per heavy atom. The number of para-hydroxylation sites is 1. The normalized spacial score (nSPS) is 10.6. The molecule has 0 bridgehead atoms. The van der Waals surface area contributed by atoms with Gasteiger partial charge in [-0.3, -0.25) is 5.43 Å². The average molecular weight is 246 g/mol. The zero-order chi connectivity index (χ0) is 12.1. The minimum Gasteiger partial charge on any atom is -0.507 e. The summed E-state index contributed by atoms with van der Waals surface area (Å²) in [4.78, 5) is 0.390. The first-order valence-corrected chi connectivity index (χ1v) is 5.33. The van der Waals surface area contributed by atoms with E-state index in [1.54, 1.807) is 30.3 Å². The van der Waals surface area contributed by atoms with Crippen LogP contribution in [0.25, 0.3) is 0 Å². The fourth-order valence-electron chi connectivity index (χ4n) is 1.22. The molecule has 1 aromatic carbocycles. The predicted octanol–water partition coefficient (Wildman–Crippen LogP) is 2.28. The van der Waals surface area contributed by atoms with E-state index in [2.05, 4.69) is 10.5 Å². The van der Waals surface area contributed by atoms with Crippen molar-refractivity contribution in [2.45, 2.75) is 0 Å². The van der Waals surface area contributed by atoms with E-state index in [1.807, 2.05) is 6.07 Å². The summed E-state index contributed by atoms with van der Waals surface area (Å²) < 4.78 is 5.09. The van der Waals surface area contributed by atoms with Gasteiger partial charge in [-0.25, -0.2) is 0 Å². The van der Waals surface area contributed by atoms with E-state index in [9.17, 15) is 5.11 Å². The number of hydrazone groups is 1. The van der Waals surface area contributed by atoms with Crippen LogP contribution in [0.15, 0.2) is 52.2 Å². The molecule has 0 atom stereocenters. The summed E-state index contributed by atoms with van der Waals surface area (Å²) in [7, 11) is 0. The molecule has 0 aliphatic heterocycles. The van der Waals surface area contributed by atoms with Gasteiger partial charge in [-0.05, 0) is 24.3 Å². The molecular formula is C12H10N2O2S. The van der Waals surface area contributed by atoms with Gasteiger partial charge in [0.2, 0.25) is 0 Å². The number of nitrogens with zero attached hydrogens (tertiary/aromatic N) is 1. The van der Waals surface area contributed by atoms with E-state index >= 15 is 0 Å². The maximum atomic E-state index is 9.49. The molecule has 86 valence electrons. The van der Waals surface area contributed by atoms with E-state index in [4.69, 9.17) is 16.6 Å². The largest absolute Gasteiger partial charge is 0.507 e. The first kappa shape index (κ1) is 11.3. The second-order valence-corrected chi connectivity index (χ2v) is 3.64. The monoisotopic (exact) mass is 246 g/mol. The van der Waals surface area contributed by atoms with Crippen LogP contribution < -0.4 is 5.43 Å². The molecule has 2 aromatic rings.